The van der Waals surface area contributed by atoms with Gasteiger partial charge in [-0.15, -0.1) is 0 Å². The first-order chi connectivity index (χ1) is 20.7. The van der Waals surface area contributed by atoms with Gasteiger partial charge >= 0.3 is 13.1 Å². The Morgan fingerprint density at radius 3 is 2.51 bits per heavy atom. The van der Waals surface area contributed by atoms with Crippen LogP contribution in [0.1, 0.15) is 98.7 Å². The van der Waals surface area contributed by atoms with Crippen LogP contribution in [-0.2, 0) is 32.5 Å². The Morgan fingerprint density at radius 2 is 1.74 bits per heavy atom. The molecule has 2 heterocycles. The van der Waals surface area contributed by atoms with Crippen molar-refractivity contribution in [3.8, 4) is 5.75 Å². The molecule has 4 amide bonds. The van der Waals surface area contributed by atoms with Gasteiger partial charge in [0, 0.05) is 24.6 Å². The van der Waals surface area contributed by atoms with Crippen LogP contribution < -0.4 is 20.7 Å². The molecule has 0 saturated heterocycles. The van der Waals surface area contributed by atoms with Crippen LogP contribution in [0.2, 0.25) is 0 Å². The Hall–Kier alpha value is -3.82. The normalized spacial score (nSPS) is 19.2. The molecule has 2 N–H and O–H groups in total. The lowest BCUT2D eigenvalue weighted by atomic mass is 9.69. The third-order valence-electron chi connectivity index (χ3n) is 9.05. The molecule has 228 valence electrons. The van der Waals surface area contributed by atoms with Gasteiger partial charge in [0.25, 0.3) is 11.9 Å². The van der Waals surface area contributed by atoms with E-state index in [1.54, 1.807) is 25.3 Å². The molecule has 10 heteroatoms. The summed E-state index contributed by atoms with van der Waals surface area (Å²) >= 11 is 0. The summed E-state index contributed by atoms with van der Waals surface area (Å²) < 4.78 is 11.1. The van der Waals surface area contributed by atoms with E-state index in [0.717, 1.165) is 68.0 Å². The lowest BCUT2D eigenvalue weighted by molar-refractivity contribution is -0.135. The Kier molecular flexibility index (Phi) is 9.42. The van der Waals surface area contributed by atoms with Crippen molar-refractivity contribution in [1.29, 1.82) is 0 Å². The Labute approximate surface area is 254 Å². The molecule has 1 fully saturated rings. The van der Waals surface area contributed by atoms with Crippen LogP contribution in [0.5, 0.6) is 5.75 Å². The average Bonchev–Trinajstić information content (AvgIpc) is 3.00. The van der Waals surface area contributed by atoms with Gasteiger partial charge in [0.1, 0.15) is 5.75 Å². The summed E-state index contributed by atoms with van der Waals surface area (Å²) in [6.45, 7) is 3.92. The van der Waals surface area contributed by atoms with E-state index in [2.05, 4.69) is 16.6 Å². The van der Waals surface area contributed by atoms with Crippen LogP contribution in [0.4, 0.5) is 4.79 Å². The number of nitrogens with zero attached hydrogens (tertiary/aromatic N) is 1. The maximum absolute atomic E-state index is 13.5. The van der Waals surface area contributed by atoms with Gasteiger partial charge in [0.15, 0.2) is 0 Å². The fraction of sp³-hybridized carbons (Fsp3) is 0.515. The average molecular weight is 588 g/mol. The quantitative estimate of drug-likeness (QED) is 0.387. The van der Waals surface area contributed by atoms with Gasteiger partial charge in [-0.2, -0.15) is 0 Å². The molecule has 0 atom stereocenters. The van der Waals surface area contributed by atoms with Gasteiger partial charge in [-0.3, -0.25) is 24.1 Å². The highest BCUT2D eigenvalue weighted by Crippen LogP contribution is 2.36. The SMILES string of the molecule is COc1ccc2c(c1)C(=O)N(CCc1ccc3c(c1)CCCCCC(=O)OB3NC(=O)NC1CCCCC1)C(=O)C2(C)C. The Bertz CT molecular complexity index is 1390. The van der Waals surface area contributed by atoms with E-state index in [9.17, 15) is 19.2 Å². The summed E-state index contributed by atoms with van der Waals surface area (Å²) in [5.41, 5.74) is 3.04. The number of aryl methyl sites for hydroxylation is 1. The molecule has 2 aromatic rings. The standard InChI is InChI=1S/C33H42BN3O6/c1-33(2)27-16-15-25(42-3)21-26(27)30(39)37(31(33)40)19-18-22-14-17-28-23(20-22)10-6-4-9-13-29(38)43-34(28)36-32(41)35-24-11-7-5-8-12-24/h14-17,20-21,24H,4-13,18-19H2,1-3H3,(H2,35,36,41). The second-order valence-corrected chi connectivity index (χ2v) is 12.5. The molecule has 5 rings (SSSR count). The number of ether oxygens (including phenoxy) is 1. The fourth-order valence-electron chi connectivity index (χ4n) is 6.51. The lowest BCUT2D eigenvalue weighted by Gasteiger charge is -2.37. The summed E-state index contributed by atoms with van der Waals surface area (Å²) in [4.78, 5) is 53.8. The van der Waals surface area contributed by atoms with Gasteiger partial charge in [-0.25, -0.2) is 0 Å². The molecule has 2 aromatic carbocycles. The predicted octanol–water partition coefficient (Wildman–Crippen LogP) is 4.18. The van der Waals surface area contributed by atoms with E-state index in [1.807, 2.05) is 26.0 Å². The van der Waals surface area contributed by atoms with Crippen LogP contribution in [0.3, 0.4) is 0 Å². The van der Waals surface area contributed by atoms with E-state index >= 15 is 0 Å². The molecule has 1 aliphatic carbocycles. The van der Waals surface area contributed by atoms with Crippen LogP contribution in [0, 0.1) is 0 Å². The van der Waals surface area contributed by atoms with Crippen molar-refractivity contribution in [2.45, 2.75) is 95.9 Å². The summed E-state index contributed by atoms with van der Waals surface area (Å²) in [6, 6.07) is 10.9. The number of carbonyl (C=O) groups is 4. The van der Waals surface area contributed by atoms with Crippen molar-refractivity contribution in [2.75, 3.05) is 13.7 Å². The molecule has 0 aromatic heterocycles. The van der Waals surface area contributed by atoms with Crippen molar-refractivity contribution in [3.63, 3.8) is 0 Å². The van der Waals surface area contributed by atoms with Gasteiger partial charge in [-0.1, -0.05) is 49.9 Å². The number of urea groups is 1. The number of amides is 4. The molecule has 2 aliphatic heterocycles. The zero-order chi connectivity index (χ0) is 30.6. The molecule has 1 saturated carbocycles. The number of imide groups is 1. The van der Waals surface area contributed by atoms with Crippen LogP contribution in [0.15, 0.2) is 36.4 Å². The molecule has 3 aliphatic rings. The van der Waals surface area contributed by atoms with Gasteiger partial charge in [-0.05, 0) is 86.7 Å². The minimum absolute atomic E-state index is 0.129. The summed E-state index contributed by atoms with van der Waals surface area (Å²) in [7, 11) is 0.660. The van der Waals surface area contributed by atoms with E-state index in [1.165, 1.54) is 11.3 Å². The predicted molar refractivity (Wildman–Crippen MR) is 164 cm³/mol. The van der Waals surface area contributed by atoms with E-state index in [0.29, 0.717) is 29.7 Å². The van der Waals surface area contributed by atoms with Crippen LogP contribution in [-0.4, -0.2) is 55.5 Å². The van der Waals surface area contributed by atoms with Crippen LogP contribution in [0.25, 0.3) is 0 Å². The molecule has 0 spiro atoms. The number of hydrogen-bond donors (Lipinski definition) is 2. The number of fused-ring (bicyclic) bond motifs is 2. The first-order valence-electron chi connectivity index (χ1n) is 15.6. The smallest absolute Gasteiger partial charge is 0.511 e. The molecule has 9 nitrogen and oxygen atoms in total. The number of rotatable bonds is 6. The number of methoxy groups -OCH3 is 1. The maximum atomic E-state index is 13.5. The third-order valence-corrected chi connectivity index (χ3v) is 9.05. The monoisotopic (exact) mass is 587 g/mol. The van der Waals surface area contributed by atoms with E-state index in [-0.39, 0.29) is 36.4 Å². The minimum atomic E-state index is -0.893. The van der Waals surface area contributed by atoms with Crippen molar-refractivity contribution in [3.05, 3.63) is 58.7 Å². The zero-order valence-electron chi connectivity index (χ0n) is 25.5. The molecule has 0 bridgehead atoms. The second kappa shape index (κ2) is 13.2. The molecular weight excluding hydrogens is 545 g/mol. The topological polar surface area (TPSA) is 114 Å². The largest absolute Gasteiger partial charge is 0.522 e. The summed E-state index contributed by atoms with van der Waals surface area (Å²) in [5.74, 6) is -0.310. The maximum Gasteiger partial charge on any atom is 0.522 e. The number of benzene rings is 2. The third kappa shape index (κ3) is 6.89. The summed E-state index contributed by atoms with van der Waals surface area (Å²) in [6.07, 6.45) is 9.39. The highest BCUT2D eigenvalue weighted by atomic mass is 16.5. The number of hydrogen-bond acceptors (Lipinski definition) is 6. The van der Waals surface area contributed by atoms with Crippen molar-refractivity contribution in [1.82, 2.24) is 15.4 Å². The molecular formula is C33H42BN3O6. The highest BCUT2D eigenvalue weighted by molar-refractivity contribution is 6.69. The highest BCUT2D eigenvalue weighted by Gasteiger charge is 2.44. The minimum Gasteiger partial charge on any atom is -0.511 e. The fourth-order valence-corrected chi connectivity index (χ4v) is 6.51. The van der Waals surface area contributed by atoms with Crippen molar-refractivity contribution >= 4 is 36.3 Å². The molecule has 43 heavy (non-hydrogen) atoms. The first-order valence-corrected chi connectivity index (χ1v) is 15.6. The Morgan fingerprint density at radius 1 is 1.00 bits per heavy atom. The lowest BCUT2D eigenvalue weighted by Crippen LogP contribution is -2.57. The van der Waals surface area contributed by atoms with E-state index in [4.69, 9.17) is 9.39 Å². The number of carbonyl (C=O) groups excluding carboxylic acids is 4. The zero-order valence-corrected chi connectivity index (χ0v) is 25.5. The Balaban J connectivity index is 1.35. The molecule has 0 radical (unpaired) electrons. The summed E-state index contributed by atoms with van der Waals surface area (Å²) in [5, 5.41) is 5.96. The van der Waals surface area contributed by atoms with Gasteiger partial charge in [0.05, 0.1) is 12.5 Å². The van der Waals surface area contributed by atoms with E-state index < -0.39 is 12.5 Å². The van der Waals surface area contributed by atoms with Gasteiger partial charge in [0.2, 0.25) is 5.91 Å². The van der Waals surface area contributed by atoms with Crippen LogP contribution >= 0.6 is 0 Å². The van der Waals surface area contributed by atoms with Crippen molar-refractivity contribution in [2.24, 2.45) is 0 Å². The molecule has 0 unspecified atom stereocenters. The second-order valence-electron chi connectivity index (χ2n) is 12.5. The van der Waals surface area contributed by atoms with Crippen molar-refractivity contribution < 1.29 is 28.6 Å². The first kappa shape index (κ1) is 30.6. The number of nitrogens with one attached hydrogen (secondary N) is 2. The van der Waals surface area contributed by atoms with Gasteiger partial charge < -0.3 is 19.9 Å².